The minimum Gasteiger partial charge on any atom is -0.481 e. The van der Waals surface area contributed by atoms with Gasteiger partial charge in [-0.15, -0.1) is 0 Å². The number of fused-ring (bicyclic) bond motifs is 1. The van der Waals surface area contributed by atoms with Gasteiger partial charge in [-0.25, -0.2) is 4.98 Å². The van der Waals surface area contributed by atoms with Crippen LogP contribution in [0.15, 0.2) is 0 Å². The maximum absolute atomic E-state index is 11.7. The fourth-order valence-electron chi connectivity index (χ4n) is 3.41. The van der Waals surface area contributed by atoms with Crippen LogP contribution in [-0.2, 0) is 9.53 Å². The zero-order valence-electron chi connectivity index (χ0n) is 11.7. The molecule has 1 aromatic heterocycles. The van der Waals surface area contributed by atoms with Crippen LogP contribution in [0.5, 0.6) is 0 Å². The van der Waals surface area contributed by atoms with Gasteiger partial charge in [0.15, 0.2) is 5.82 Å². The first-order chi connectivity index (χ1) is 9.56. The minimum absolute atomic E-state index is 0.129. The molecule has 0 radical (unpaired) electrons. The number of rotatable bonds is 4. The first-order valence-electron chi connectivity index (χ1n) is 6.91. The highest BCUT2D eigenvalue weighted by atomic mass is 32.1. The summed E-state index contributed by atoms with van der Waals surface area (Å²) in [5.74, 6) is 0.263. The quantitative estimate of drug-likeness (QED) is 0.915. The third kappa shape index (κ3) is 2.00. The number of ether oxygens (including phenoxy) is 1. The summed E-state index contributed by atoms with van der Waals surface area (Å²) in [5, 5.41) is 10.4. The number of hydrogen-bond donors (Lipinski definition) is 1. The molecular weight excluding hydrogens is 278 g/mol. The average molecular weight is 297 g/mol. The van der Waals surface area contributed by atoms with Crippen molar-refractivity contribution in [1.29, 1.82) is 0 Å². The van der Waals surface area contributed by atoms with Crippen LogP contribution in [0, 0.1) is 11.3 Å². The van der Waals surface area contributed by atoms with Crippen LogP contribution in [-0.4, -0.2) is 40.6 Å². The van der Waals surface area contributed by atoms with Crippen molar-refractivity contribution in [3.05, 3.63) is 5.82 Å². The number of anilines is 1. The third-order valence-electron chi connectivity index (χ3n) is 4.72. The number of carboxylic acids is 1. The molecule has 6 nitrogen and oxygen atoms in total. The van der Waals surface area contributed by atoms with E-state index >= 15 is 0 Å². The van der Waals surface area contributed by atoms with Gasteiger partial charge in [0.1, 0.15) is 6.10 Å². The fourth-order valence-corrected chi connectivity index (χ4v) is 4.16. The molecule has 1 saturated heterocycles. The minimum atomic E-state index is -0.655. The van der Waals surface area contributed by atoms with Gasteiger partial charge in [-0.2, -0.15) is 4.37 Å². The van der Waals surface area contributed by atoms with E-state index in [1.807, 2.05) is 6.92 Å². The van der Waals surface area contributed by atoms with Crippen LogP contribution >= 0.6 is 11.5 Å². The van der Waals surface area contributed by atoms with Crippen LogP contribution in [0.1, 0.15) is 38.1 Å². The molecule has 1 unspecified atom stereocenters. The monoisotopic (exact) mass is 297 g/mol. The van der Waals surface area contributed by atoms with Crippen molar-refractivity contribution in [2.24, 2.45) is 11.3 Å². The molecule has 1 N–H and O–H groups in total. The summed E-state index contributed by atoms with van der Waals surface area (Å²) < 4.78 is 9.52. The van der Waals surface area contributed by atoms with Crippen molar-refractivity contribution in [3.8, 4) is 0 Å². The standard InChI is InChI=1S/C13H19N3O3S/c1-8(19-2)10-14-12(20-15-10)16-6-9-4-3-5-13(9,7-16)11(17)18/h8-9H,3-7H2,1-2H3,(H,17,18)/t8?,9-,13+/m0/s1. The lowest BCUT2D eigenvalue weighted by Gasteiger charge is -2.22. The first-order valence-corrected chi connectivity index (χ1v) is 7.69. The van der Waals surface area contributed by atoms with Crippen molar-refractivity contribution in [3.63, 3.8) is 0 Å². The predicted molar refractivity (Wildman–Crippen MR) is 75.0 cm³/mol. The number of nitrogens with zero attached hydrogens (tertiary/aromatic N) is 3. The van der Waals surface area contributed by atoms with Gasteiger partial charge in [-0.05, 0) is 25.7 Å². The summed E-state index contributed by atoms with van der Waals surface area (Å²) in [4.78, 5) is 18.2. The highest BCUT2D eigenvalue weighted by molar-refractivity contribution is 7.09. The highest BCUT2D eigenvalue weighted by Crippen LogP contribution is 2.50. The van der Waals surface area contributed by atoms with E-state index in [4.69, 9.17) is 4.74 Å². The summed E-state index contributed by atoms with van der Waals surface area (Å²) in [6, 6.07) is 0. The highest BCUT2D eigenvalue weighted by Gasteiger charge is 2.55. The van der Waals surface area contributed by atoms with Crippen molar-refractivity contribution in [2.45, 2.75) is 32.3 Å². The Morgan fingerprint density at radius 2 is 2.45 bits per heavy atom. The smallest absolute Gasteiger partial charge is 0.311 e. The van der Waals surface area contributed by atoms with Crippen LogP contribution in [0.3, 0.4) is 0 Å². The Labute approximate surface area is 121 Å². The second kappa shape index (κ2) is 4.96. The maximum Gasteiger partial charge on any atom is 0.311 e. The molecule has 7 heteroatoms. The Hall–Kier alpha value is -1.21. The van der Waals surface area contributed by atoms with Gasteiger partial charge in [0.05, 0.1) is 5.41 Å². The Bertz CT molecular complexity index is 521. The van der Waals surface area contributed by atoms with E-state index in [0.717, 1.165) is 30.9 Å². The van der Waals surface area contributed by atoms with E-state index in [2.05, 4.69) is 14.3 Å². The lowest BCUT2D eigenvalue weighted by Crippen LogP contribution is -2.35. The predicted octanol–water partition coefficient (Wildman–Crippen LogP) is 1.94. The Morgan fingerprint density at radius 1 is 1.65 bits per heavy atom. The normalized spacial score (nSPS) is 30.5. The molecular formula is C13H19N3O3S. The molecule has 1 aliphatic carbocycles. The first kappa shape index (κ1) is 13.8. The largest absolute Gasteiger partial charge is 0.481 e. The number of aromatic nitrogens is 2. The lowest BCUT2D eigenvalue weighted by molar-refractivity contribution is -0.149. The summed E-state index contributed by atoms with van der Waals surface area (Å²) >= 11 is 1.33. The van der Waals surface area contributed by atoms with E-state index < -0.39 is 11.4 Å². The van der Waals surface area contributed by atoms with Crippen LogP contribution < -0.4 is 4.90 Å². The van der Waals surface area contributed by atoms with Crippen LogP contribution in [0.25, 0.3) is 0 Å². The maximum atomic E-state index is 11.7. The Morgan fingerprint density at radius 3 is 3.10 bits per heavy atom. The number of carboxylic acid groups (broad SMARTS) is 1. The van der Waals surface area contributed by atoms with Gasteiger partial charge in [0.2, 0.25) is 5.13 Å². The summed E-state index contributed by atoms with van der Waals surface area (Å²) in [6.07, 6.45) is 2.68. The van der Waals surface area contributed by atoms with Gasteiger partial charge in [-0.3, -0.25) is 4.79 Å². The van der Waals surface area contributed by atoms with Crippen molar-refractivity contribution < 1.29 is 14.6 Å². The number of aliphatic carboxylic acids is 1. The fraction of sp³-hybridized carbons (Fsp3) is 0.769. The van der Waals surface area contributed by atoms with Crippen LogP contribution in [0.4, 0.5) is 5.13 Å². The molecule has 0 bridgehead atoms. The molecule has 2 aliphatic rings. The van der Waals surface area contributed by atoms with Gasteiger partial charge < -0.3 is 14.7 Å². The number of carbonyl (C=O) groups is 1. The lowest BCUT2D eigenvalue weighted by atomic mass is 9.81. The van der Waals surface area contributed by atoms with Gasteiger partial charge >= 0.3 is 5.97 Å². The molecule has 3 rings (SSSR count). The summed E-state index contributed by atoms with van der Waals surface area (Å²) in [5.41, 5.74) is -0.571. The van der Waals surface area contributed by atoms with E-state index in [0.29, 0.717) is 12.4 Å². The van der Waals surface area contributed by atoms with Crippen molar-refractivity contribution in [2.75, 3.05) is 25.1 Å². The second-order valence-electron chi connectivity index (χ2n) is 5.74. The molecule has 1 aliphatic heterocycles. The van der Waals surface area contributed by atoms with Crippen molar-refractivity contribution >= 4 is 22.6 Å². The van der Waals surface area contributed by atoms with Gasteiger partial charge in [0.25, 0.3) is 0 Å². The summed E-state index contributed by atoms with van der Waals surface area (Å²) in [6.45, 7) is 3.24. The molecule has 20 heavy (non-hydrogen) atoms. The number of hydrogen-bond acceptors (Lipinski definition) is 6. The SMILES string of the molecule is COC(C)c1nsc(N2C[C@@H]3CCC[C@@]3(C(=O)O)C2)n1. The topological polar surface area (TPSA) is 75.5 Å². The molecule has 0 aromatic carbocycles. The zero-order chi connectivity index (χ0) is 14.3. The molecule has 1 saturated carbocycles. The van der Waals surface area contributed by atoms with Crippen molar-refractivity contribution in [1.82, 2.24) is 9.36 Å². The molecule has 2 fully saturated rings. The molecule has 3 atom stereocenters. The average Bonchev–Trinajstić information content (AvgIpc) is 3.09. The third-order valence-corrected chi connectivity index (χ3v) is 5.51. The van der Waals surface area contributed by atoms with E-state index in [1.54, 1.807) is 7.11 Å². The molecule has 0 amide bonds. The van der Waals surface area contributed by atoms with Gasteiger partial charge in [-0.1, -0.05) is 6.42 Å². The van der Waals surface area contributed by atoms with E-state index in [1.165, 1.54) is 11.5 Å². The molecule has 2 heterocycles. The van der Waals surface area contributed by atoms with Crippen LogP contribution in [0.2, 0.25) is 0 Å². The Kier molecular flexibility index (Phi) is 3.41. The van der Waals surface area contributed by atoms with E-state index in [-0.39, 0.29) is 12.0 Å². The number of methoxy groups -OCH3 is 1. The summed E-state index contributed by atoms with van der Waals surface area (Å²) in [7, 11) is 1.63. The zero-order valence-corrected chi connectivity index (χ0v) is 12.5. The molecule has 1 aromatic rings. The molecule has 0 spiro atoms. The van der Waals surface area contributed by atoms with Gasteiger partial charge in [0, 0.05) is 31.7 Å². The second-order valence-corrected chi connectivity index (χ2v) is 6.47. The van der Waals surface area contributed by atoms with E-state index in [9.17, 15) is 9.90 Å². The Balaban J connectivity index is 1.80. The molecule has 110 valence electrons.